The van der Waals surface area contributed by atoms with E-state index in [2.05, 4.69) is 76.6 Å². The van der Waals surface area contributed by atoms with E-state index in [1.165, 1.54) is 81.2 Å². The van der Waals surface area contributed by atoms with E-state index in [9.17, 15) is 53.7 Å². The van der Waals surface area contributed by atoms with Crippen molar-refractivity contribution in [3.63, 3.8) is 0 Å². The number of para-hydroxylation sites is 1. The minimum absolute atomic E-state index is 0.00130. The number of carbonyl (C=O) groups is 15. The Bertz CT molecular complexity index is 4910. The number of thiophene rings is 1. The largest absolute Gasteiger partial charge is 0.508 e. The molecule has 22 N–H and O–H groups in total. The number of carbonyl (C=O) groups excluding carboxylic acids is 14. The summed E-state index contributed by atoms with van der Waals surface area (Å²) >= 11 is 2.16. The number of aliphatic hydroxyl groups excluding tert-OH is 1. The second-order valence-electron chi connectivity index (χ2n) is 33.9. The summed E-state index contributed by atoms with van der Waals surface area (Å²) in [6, 6.07) is 0.687. The summed E-state index contributed by atoms with van der Waals surface area (Å²) < 4.78 is 0.832. The molecule has 5 aromatic rings. The number of benzene rings is 3. The average Bonchev–Trinajstić information content (AvgIpc) is 1.66. The average molecular weight is 1860 g/mol. The number of hydrogen-bond donors (Lipinski definition) is 19. The lowest BCUT2D eigenvalue weighted by Gasteiger charge is -2.36. The molecule has 14 amide bonds. The van der Waals surface area contributed by atoms with E-state index in [0.717, 1.165) is 21.8 Å². The predicted molar refractivity (Wildman–Crippen MR) is 495 cm³/mol. The first-order chi connectivity index (χ1) is 62.4. The van der Waals surface area contributed by atoms with Crippen LogP contribution in [0.15, 0.2) is 109 Å². The number of thioether (sulfide) groups is 1. The van der Waals surface area contributed by atoms with Gasteiger partial charge in [0.1, 0.15) is 90.8 Å². The quantitative estimate of drug-likeness (QED) is 0.0214. The first-order valence-electron chi connectivity index (χ1n) is 44.3. The number of nitrogens with one attached hydrogen (secondary N) is 13. The van der Waals surface area contributed by atoms with Crippen LogP contribution in [-0.4, -0.2) is 296 Å². The molecule has 14 atom stereocenters. The second kappa shape index (κ2) is 50.1. The SMILES string of the molecule is C=C(N)C[C@@H]1NC(=C)[C@H](C)N(C)C(=O)[C@H](Cc2ccc(O)cc2)NC(=O)CSC[C@@H](C(=O)NCC(=O)O)NC(=O)[C@H](CCCNC(=N)N)NC(=O)[C@H](CCCC)N(C)C(=O)[C@H](CCCC)N(C)C(=O)[C@H](Cc2csc3ccccc23)NC(=O)[C@H](CO)NC(=O)[C@H](Cc2c[nH]c3ccccc23)NC(=O)[C@@H]2CCCN2C(=O)[C@H](CC(C)C)NC(=O)[C@H](CN)NC(=O)[C@@H]2CCCN2C1=O. The highest BCUT2D eigenvalue weighted by molar-refractivity contribution is 8.00. The molecule has 3 fully saturated rings. The molecule has 0 bridgehead atoms. The number of aliphatic hydroxyl groups is 1. The third-order valence-corrected chi connectivity index (χ3v) is 25.7. The zero-order valence-corrected chi connectivity index (χ0v) is 77.2. The molecule has 0 spiro atoms. The van der Waals surface area contributed by atoms with Gasteiger partial charge in [0.25, 0.3) is 0 Å². The molecule has 3 saturated heterocycles. The molecule has 2 aromatic heterocycles. The van der Waals surface area contributed by atoms with Crippen LogP contribution in [-0.2, 0) is 91.2 Å². The van der Waals surface area contributed by atoms with Crippen molar-refractivity contribution < 1.29 is 87.2 Å². The maximum atomic E-state index is 15.7. The predicted octanol–water partition coefficient (Wildman–Crippen LogP) is 0.400. The molecule has 0 aliphatic carbocycles. The van der Waals surface area contributed by atoms with Crippen LogP contribution in [0.25, 0.3) is 21.0 Å². The Morgan fingerprint density at radius 1 is 0.588 bits per heavy atom. The van der Waals surface area contributed by atoms with Crippen molar-refractivity contribution in [2.75, 3.05) is 72.0 Å². The molecule has 0 saturated carbocycles. The Kier molecular flexibility index (Phi) is 39.8. The Hall–Kier alpha value is -12.4. The number of likely N-dealkylation sites (N-methyl/N-ethyl adjacent to an activating group) is 3. The second-order valence-corrected chi connectivity index (χ2v) is 35.8. The van der Waals surface area contributed by atoms with Crippen molar-refractivity contribution in [1.82, 2.24) is 88.0 Å². The molecular weight excluding hydrogens is 1730 g/mol. The summed E-state index contributed by atoms with van der Waals surface area (Å²) in [5.74, 6) is -14.8. The van der Waals surface area contributed by atoms with E-state index in [-0.39, 0.29) is 113 Å². The number of phenolic OH excluding ortho intramolecular Hbond substituents is 1. The number of guanidine groups is 1. The molecule has 3 aromatic carbocycles. The van der Waals surface area contributed by atoms with Crippen molar-refractivity contribution in [2.45, 2.75) is 228 Å². The van der Waals surface area contributed by atoms with E-state index in [1.54, 1.807) is 43.5 Å². The molecule has 41 heteroatoms. The lowest BCUT2D eigenvalue weighted by Crippen LogP contribution is -2.62. The summed E-state index contributed by atoms with van der Waals surface area (Å²) in [7, 11) is 4.16. The maximum absolute atomic E-state index is 15.7. The molecule has 131 heavy (non-hydrogen) atoms. The van der Waals surface area contributed by atoms with Gasteiger partial charge < -0.3 is 120 Å². The van der Waals surface area contributed by atoms with Crippen molar-refractivity contribution in [3.8, 4) is 5.75 Å². The Morgan fingerprint density at radius 2 is 1.13 bits per heavy atom. The van der Waals surface area contributed by atoms with Crippen LogP contribution >= 0.6 is 23.1 Å². The number of carboxylic acids is 1. The van der Waals surface area contributed by atoms with Gasteiger partial charge >= 0.3 is 5.97 Å². The number of rotatable bonds is 25. The number of aliphatic carboxylic acids is 1. The molecular formula is C90H129N21O18S2. The summed E-state index contributed by atoms with van der Waals surface area (Å²) in [4.78, 5) is 231. The van der Waals surface area contributed by atoms with Crippen LogP contribution in [0.3, 0.4) is 0 Å². The van der Waals surface area contributed by atoms with Gasteiger partial charge in [-0.2, -0.15) is 0 Å². The van der Waals surface area contributed by atoms with Gasteiger partial charge in [-0.15, -0.1) is 23.1 Å². The zero-order valence-electron chi connectivity index (χ0n) is 75.6. The number of hydrogen-bond acceptors (Lipinski definition) is 23. The number of nitrogens with two attached hydrogens (primary N) is 3. The Morgan fingerprint density at radius 3 is 1.75 bits per heavy atom. The van der Waals surface area contributed by atoms with Gasteiger partial charge in [-0.25, -0.2) is 0 Å². The number of fused-ring (bicyclic) bond motifs is 4. The van der Waals surface area contributed by atoms with Gasteiger partial charge in [-0.1, -0.05) is 115 Å². The zero-order chi connectivity index (χ0) is 96.0. The monoisotopic (exact) mass is 1860 g/mol. The highest BCUT2D eigenvalue weighted by Gasteiger charge is 2.45. The lowest BCUT2D eigenvalue weighted by molar-refractivity contribution is -0.149. The number of aromatic hydroxyl groups is 1. The van der Waals surface area contributed by atoms with Gasteiger partial charge in [0.15, 0.2) is 5.96 Å². The molecule has 3 aliphatic heterocycles. The molecule has 5 heterocycles. The van der Waals surface area contributed by atoms with Crippen LogP contribution in [0, 0.1) is 11.3 Å². The highest BCUT2D eigenvalue weighted by atomic mass is 32.2. The molecule has 0 unspecified atom stereocenters. The van der Waals surface area contributed by atoms with Crippen molar-refractivity contribution in [1.29, 1.82) is 5.41 Å². The minimum Gasteiger partial charge on any atom is -0.508 e. The topological polar surface area (TPSA) is 583 Å². The minimum atomic E-state index is -1.82. The summed E-state index contributed by atoms with van der Waals surface area (Å²) in [6.45, 7) is 14.6. The number of amides is 14. The third-order valence-electron chi connectivity index (χ3n) is 23.6. The molecule has 0 radical (unpaired) electrons. The fourth-order valence-corrected chi connectivity index (χ4v) is 18.1. The van der Waals surface area contributed by atoms with E-state index >= 15 is 33.6 Å². The first kappa shape index (κ1) is 104. The van der Waals surface area contributed by atoms with E-state index < -0.39 is 210 Å². The van der Waals surface area contributed by atoms with Crippen LogP contribution in [0.1, 0.15) is 141 Å². The number of unbranched alkanes of at least 4 members (excludes halogenated alkanes) is 2. The number of aromatic nitrogens is 1. The normalized spacial score (nSPS) is 24.6. The summed E-state index contributed by atoms with van der Waals surface area (Å²) in [5.41, 5.74) is 20.5. The maximum Gasteiger partial charge on any atom is 0.322 e. The number of carboxylic acid groups (broad SMARTS) is 1. The summed E-state index contributed by atoms with van der Waals surface area (Å²) in [5, 5.41) is 72.0. The number of nitrogens with zero attached hydrogens (tertiary/aromatic N) is 5. The summed E-state index contributed by atoms with van der Waals surface area (Å²) in [6.07, 6.45) is 3.32. The highest BCUT2D eigenvalue weighted by Crippen LogP contribution is 2.30. The van der Waals surface area contributed by atoms with Crippen molar-refractivity contribution in [3.05, 3.63) is 126 Å². The van der Waals surface area contributed by atoms with Crippen molar-refractivity contribution in [2.24, 2.45) is 23.1 Å². The standard InChI is InChI=1S/C90H129N21O18S2/c1-11-13-26-70-82(122)100-61(25-19-35-95-90(93)94)78(118)106-69(77(117)97-45-76(115)116)48-130-49-75(114)99-65(40-54-31-33-57(113)34-32-54)85(125)107(8)53(7)52(6)98-64(39-51(5)92)88(128)111-37-21-29-72(111)84(124)104-67(43-91)80(120)102-63(38-50(3)4)87(127)110-36-20-28-71(110)83(123)101-62(41-55-44-96-60-24-17-15-22-58(55)60)79(119)105-68(46-112)81(121)103-66(42-56-47-131-74-30-18-16-23-59(56)74)86(126)109(10)73(27-14-12-2)89(129)108(70)9/h15-18,22-24,30-34,44,47,50,53,61-73,96,98,112-113H,5-6,11-14,19-21,25-29,35-43,45-46,48-49,91-92H2,1-4,7-10H3,(H,97,117)(H,99,114)(H,100,122)(H,101,123)(H,102,120)(H,103,121)(H,104,124)(H,105,119)(H,106,118)(H,115,116)(H4,93,94,95)/t53-,61-,62-,63-,64-,65-,66-,67-,68-,69-,70-,71-,72-,73-/m0/s1. The number of phenols is 1. The van der Waals surface area contributed by atoms with Crippen LogP contribution in [0.2, 0.25) is 0 Å². The molecule has 714 valence electrons. The van der Waals surface area contributed by atoms with Crippen molar-refractivity contribution >= 4 is 139 Å². The van der Waals surface area contributed by atoms with E-state index in [1.807, 2.05) is 51.3 Å². The lowest BCUT2D eigenvalue weighted by atomic mass is 10.00. The van der Waals surface area contributed by atoms with Gasteiger partial charge in [0.05, 0.1) is 18.4 Å². The van der Waals surface area contributed by atoms with Crippen LogP contribution < -0.4 is 75.7 Å². The molecule has 39 nitrogen and oxygen atoms in total. The number of H-pyrrole nitrogens is 1. The van der Waals surface area contributed by atoms with E-state index in [0.29, 0.717) is 66.1 Å². The Balaban J connectivity index is 1.18. The molecule has 3 aliphatic rings. The Labute approximate surface area is 770 Å². The molecule has 8 rings (SSSR count). The third kappa shape index (κ3) is 29.3. The fourth-order valence-electron chi connectivity index (χ4n) is 16.2. The van der Waals surface area contributed by atoms with Crippen LogP contribution in [0.4, 0.5) is 0 Å². The van der Waals surface area contributed by atoms with E-state index in [4.69, 9.17) is 22.6 Å². The van der Waals surface area contributed by atoms with Gasteiger partial charge in [0, 0.05) is 112 Å². The first-order valence-corrected chi connectivity index (χ1v) is 46.4. The van der Waals surface area contributed by atoms with Crippen LogP contribution in [0.5, 0.6) is 5.75 Å². The number of aromatic amines is 1. The van der Waals surface area contributed by atoms with Gasteiger partial charge in [-0.05, 0) is 122 Å². The van der Waals surface area contributed by atoms with Gasteiger partial charge in [0.2, 0.25) is 82.7 Å². The van der Waals surface area contributed by atoms with Gasteiger partial charge in [-0.3, -0.25) is 77.3 Å². The smallest absolute Gasteiger partial charge is 0.322 e. The fraction of sp³-hybridized carbons (Fsp3) is 0.533.